The zero-order valence-electron chi connectivity index (χ0n) is 11.0. The van der Waals surface area contributed by atoms with Gasteiger partial charge in [0, 0.05) is 6.04 Å². The summed E-state index contributed by atoms with van der Waals surface area (Å²) in [6.45, 7) is 3.70. The van der Waals surface area contributed by atoms with Crippen LogP contribution >= 0.6 is 0 Å². The molecule has 2 fully saturated rings. The molecule has 0 aromatic carbocycles. The quantitative estimate of drug-likeness (QED) is 0.765. The lowest BCUT2D eigenvalue weighted by Crippen LogP contribution is -2.52. The highest BCUT2D eigenvalue weighted by atomic mass is 16.5. The van der Waals surface area contributed by atoms with Crippen LogP contribution in [0, 0.1) is 17.8 Å². The third-order valence-electron chi connectivity index (χ3n) is 4.31. The van der Waals surface area contributed by atoms with E-state index < -0.39 is 12.1 Å². The number of rotatable bonds is 4. The van der Waals surface area contributed by atoms with E-state index in [9.17, 15) is 9.59 Å². The molecular weight excluding hydrogens is 246 g/mol. The van der Waals surface area contributed by atoms with Crippen LogP contribution in [-0.2, 0) is 9.53 Å². The molecule has 0 spiro atoms. The van der Waals surface area contributed by atoms with Gasteiger partial charge >= 0.3 is 12.1 Å². The van der Waals surface area contributed by atoms with E-state index in [-0.39, 0.29) is 30.4 Å². The van der Waals surface area contributed by atoms with Crippen molar-refractivity contribution >= 4 is 12.1 Å². The number of nitrogens with one attached hydrogen (secondary N) is 1. The van der Waals surface area contributed by atoms with E-state index in [2.05, 4.69) is 11.9 Å². The second-order valence-electron chi connectivity index (χ2n) is 5.51. The molecule has 0 saturated heterocycles. The normalized spacial score (nSPS) is 33.3. The summed E-state index contributed by atoms with van der Waals surface area (Å²) in [7, 11) is 0. The van der Waals surface area contributed by atoms with Gasteiger partial charge in [0.15, 0.2) is 0 Å². The Morgan fingerprint density at radius 3 is 2.47 bits per heavy atom. The van der Waals surface area contributed by atoms with E-state index in [4.69, 9.17) is 9.84 Å². The standard InChI is InChI=1S/C14H21NO4/c1-2-6-19-14(18)15-12-9-4-3-5-10(12)8-11(7-9)13(16)17/h2,9-12H,1,3-8H2,(H,15,18)(H,16,17). The number of amides is 1. The van der Waals surface area contributed by atoms with E-state index in [1.165, 1.54) is 6.08 Å². The fourth-order valence-electron chi connectivity index (χ4n) is 3.49. The second kappa shape index (κ2) is 6.08. The zero-order chi connectivity index (χ0) is 13.8. The van der Waals surface area contributed by atoms with E-state index in [0.29, 0.717) is 12.8 Å². The minimum Gasteiger partial charge on any atom is -0.481 e. The Labute approximate surface area is 113 Å². The molecule has 2 aliphatic carbocycles. The van der Waals surface area contributed by atoms with Crippen molar-refractivity contribution in [3.05, 3.63) is 12.7 Å². The van der Waals surface area contributed by atoms with Crippen molar-refractivity contribution in [3.63, 3.8) is 0 Å². The van der Waals surface area contributed by atoms with Gasteiger partial charge in [-0.05, 0) is 37.5 Å². The van der Waals surface area contributed by atoms with Crippen molar-refractivity contribution in [1.82, 2.24) is 5.32 Å². The summed E-state index contributed by atoms with van der Waals surface area (Å²) < 4.78 is 4.95. The maximum atomic E-state index is 11.6. The van der Waals surface area contributed by atoms with Gasteiger partial charge < -0.3 is 15.2 Å². The van der Waals surface area contributed by atoms with Gasteiger partial charge in [0.25, 0.3) is 0 Å². The second-order valence-corrected chi connectivity index (χ2v) is 5.51. The Bertz CT molecular complexity index is 354. The Kier molecular flexibility index (Phi) is 4.45. The van der Waals surface area contributed by atoms with Gasteiger partial charge in [-0.2, -0.15) is 0 Å². The fraction of sp³-hybridized carbons (Fsp3) is 0.714. The lowest BCUT2D eigenvalue weighted by Gasteiger charge is -2.44. The maximum absolute atomic E-state index is 11.6. The van der Waals surface area contributed by atoms with Crippen molar-refractivity contribution < 1.29 is 19.4 Å². The van der Waals surface area contributed by atoms with Gasteiger partial charge in [-0.3, -0.25) is 4.79 Å². The summed E-state index contributed by atoms with van der Waals surface area (Å²) in [5.41, 5.74) is 0. The van der Waals surface area contributed by atoms with Crippen LogP contribution in [-0.4, -0.2) is 29.8 Å². The van der Waals surface area contributed by atoms with Crippen molar-refractivity contribution in [2.45, 2.75) is 38.1 Å². The van der Waals surface area contributed by atoms with E-state index in [1.54, 1.807) is 0 Å². The minimum atomic E-state index is -0.704. The van der Waals surface area contributed by atoms with Gasteiger partial charge in [0.05, 0.1) is 5.92 Å². The molecule has 2 unspecified atom stereocenters. The molecule has 2 bridgehead atoms. The lowest BCUT2D eigenvalue weighted by atomic mass is 9.65. The summed E-state index contributed by atoms with van der Waals surface area (Å²) in [5, 5.41) is 12.1. The first kappa shape index (κ1) is 13.9. The molecule has 0 aliphatic heterocycles. The van der Waals surface area contributed by atoms with Crippen LogP contribution in [0.1, 0.15) is 32.1 Å². The Balaban J connectivity index is 1.96. The molecule has 106 valence electrons. The topological polar surface area (TPSA) is 75.6 Å². The first-order valence-corrected chi connectivity index (χ1v) is 6.88. The summed E-state index contributed by atoms with van der Waals surface area (Å²) in [5.74, 6) is -0.420. The zero-order valence-corrected chi connectivity index (χ0v) is 11.0. The van der Waals surface area contributed by atoms with Gasteiger partial charge in [0.1, 0.15) is 6.61 Å². The molecule has 5 heteroatoms. The first-order valence-electron chi connectivity index (χ1n) is 6.88. The molecule has 0 radical (unpaired) electrons. The monoisotopic (exact) mass is 267 g/mol. The van der Waals surface area contributed by atoms with Crippen molar-refractivity contribution in [2.75, 3.05) is 6.61 Å². The molecule has 2 saturated carbocycles. The predicted molar refractivity (Wildman–Crippen MR) is 69.7 cm³/mol. The number of hydrogen-bond acceptors (Lipinski definition) is 3. The van der Waals surface area contributed by atoms with Crippen LogP contribution in [0.15, 0.2) is 12.7 Å². The molecule has 0 aromatic rings. The molecule has 0 aromatic heterocycles. The largest absolute Gasteiger partial charge is 0.481 e. The van der Waals surface area contributed by atoms with E-state index in [1.807, 2.05) is 0 Å². The van der Waals surface area contributed by atoms with Gasteiger partial charge in [0.2, 0.25) is 0 Å². The van der Waals surface area contributed by atoms with Gasteiger partial charge in [-0.25, -0.2) is 4.79 Å². The highest BCUT2D eigenvalue weighted by molar-refractivity contribution is 5.70. The van der Waals surface area contributed by atoms with Crippen LogP contribution in [0.3, 0.4) is 0 Å². The third-order valence-corrected chi connectivity index (χ3v) is 4.31. The minimum absolute atomic E-state index is 0.0710. The summed E-state index contributed by atoms with van der Waals surface area (Å²) in [6.07, 6.45) is 5.55. The average molecular weight is 267 g/mol. The van der Waals surface area contributed by atoms with Crippen LogP contribution in [0.4, 0.5) is 4.79 Å². The number of hydrogen-bond donors (Lipinski definition) is 2. The summed E-state index contributed by atoms with van der Waals surface area (Å²) >= 11 is 0. The molecule has 0 heterocycles. The number of carboxylic acid groups (broad SMARTS) is 1. The van der Waals surface area contributed by atoms with Crippen LogP contribution < -0.4 is 5.32 Å². The number of carbonyl (C=O) groups excluding carboxylic acids is 1. The molecule has 2 aliphatic rings. The molecule has 1 amide bonds. The maximum Gasteiger partial charge on any atom is 0.407 e. The van der Waals surface area contributed by atoms with Crippen LogP contribution in [0.25, 0.3) is 0 Å². The Morgan fingerprint density at radius 1 is 1.32 bits per heavy atom. The predicted octanol–water partition coefficient (Wildman–Crippen LogP) is 2.18. The number of carboxylic acids is 1. The smallest absolute Gasteiger partial charge is 0.407 e. The molecule has 19 heavy (non-hydrogen) atoms. The molecule has 2 N–H and O–H groups in total. The fourth-order valence-corrected chi connectivity index (χ4v) is 3.49. The van der Waals surface area contributed by atoms with Crippen molar-refractivity contribution in [2.24, 2.45) is 17.8 Å². The van der Waals surface area contributed by atoms with Crippen molar-refractivity contribution in [3.8, 4) is 0 Å². The first-order chi connectivity index (χ1) is 9.11. The molecular formula is C14H21NO4. The summed E-state index contributed by atoms with van der Waals surface area (Å²) in [4.78, 5) is 22.8. The number of aliphatic carboxylic acids is 1. The highest BCUT2D eigenvalue weighted by Crippen LogP contribution is 2.42. The Morgan fingerprint density at radius 2 is 1.95 bits per heavy atom. The SMILES string of the molecule is C=CCOC(=O)NC1C2CCCC1CC(C(=O)O)C2. The van der Waals surface area contributed by atoms with Gasteiger partial charge in [-0.1, -0.05) is 19.1 Å². The molecule has 2 atom stereocenters. The van der Waals surface area contributed by atoms with E-state index in [0.717, 1.165) is 19.3 Å². The van der Waals surface area contributed by atoms with E-state index >= 15 is 0 Å². The number of ether oxygens (including phenoxy) is 1. The Hall–Kier alpha value is -1.52. The summed E-state index contributed by atoms with van der Waals surface area (Å²) in [6, 6.07) is 0.0710. The third kappa shape index (κ3) is 3.28. The molecule has 2 rings (SSSR count). The van der Waals surface area contributed by atoms with Crippen LogP contribution in [0.2, 0.25) is 0 Å². The highest BCUT2D eigenvalue weighted by Gasteiger charge is 2.43. The van der Waals surface area contributed by atoms with Crippen molar-refractivity contribution in [1.29, 1.82) is 0 Å². The average Bonchev–Trinajstić information content (AvgIpc) is 2.35. The molecule has 5 nitrogen and oxygen atoms in total. The van der Waals surface area contributed by atoms with Crippen LogP contribution in [0.5, 0.6) is 0 Å². The number of alkyl carbamates (subject to hydrolysis) is 1. The number of carbonyl (C=O) groups is 2. The van der Waals surface area contributed by atoms with Gasteiger partial charge in [-0.15, -0.1) is 0 Å². The number of fused-ring (bicyclic) bond motifs is 2. The lowest BCUT2D eigenvalue weighted by molar-refractivity contribution is -0.145.